The van der Waals surface area contributed by atoms with Crippen molar-refractivity contribution in [2.45, 2.75) is 84.7 Å². The molecular weight excluding hydrogens is 220 g/mol. The molecule has 4 unspecified atom stereocenters. The van der Waals surface area contributed by atoms with Crippen molar-refractivity contribution in [2.75, 3.05) is 0 Å². The van der Waals surface area contributed by atoms with E-state index in [9.17, 15) is 5.11 Å². The molecule has 0 aromatic heterocycles. The average Bonchev–Trinajstić information content (AvgIpc) is 2.26. The van der Waals surface area contributed by atoms with Crippen LogP contribution in [0, 0.1) is 23.2 Å². The summed E-state index contributed by atoms with van der Waals surface area (Å²) in [6.07, 6.45) is 9.89. The van der Waals surface area contributed by atoms with E-state index in [0.717, 1.165) is 18.8 Å². The van der Waals surface area contributed by atoms with Crippen LogP contribution < -0.4 is 0 Å². The van der Waals surface area contributed by atoms with Gasteiger partial charge in [0.25, 0.3) is 0 Å². The first-order chi connectivity index (χ1) is 8.35. The number of rotatable bonds is 2. The molecule has 4 atom stereocenters. The fraction of sp³-hybridized carbons (Fsp3) is 1.00. The molecule has 2 aliphatic rings. The third-order valence-corrected chi connectivity index (χ3v) is 5.51. The highest BCUT2D eigenvalue weighted by molar-refractivity contribution is 4.98. The molecule has 0 radical (unpaired) electrons. The van der Waals surface area contributed by atoms with Gasteiger partial charge in [-0.3, -0.25) is 0 Å². The van der Waals surface area contributed by atoms with E-state index in [1.165, 1.54) is 38.5 Å². The molecule has 0 bridgehead atoms. The van der Waals surface area contributed by atoms with Crippen LogP contribution in [0.5, 0.6) is 0 Å². The van der Waals surface area contributed by atoms with E-state index in [-0.39, 0.29) is 5.60 Å². The summed E-state index contributed by atoms with van der Waals surface area (Å²) in [7, 11) is 0. The lowest BCUT2D eigenvalue weighted by Crippen LogP contribution is -2.48. The van der Waals surface area contributed by atoms with Crippen molar-refractivity contribution < 1.29 is 5.11 Å². The first-order valence-electron chi connectivity index (χ1n) is 8.07. The van der Waals surface area contributed by atoms with Gasteiger partial charge in [-0.1, -0.05) is 47.0 Å². The van der Waals surface area contributed by atoms with Crippen LogP contribution in [0.4, 0.5) is 0 Å². The minimum atomic E-state index is -0.366. The Morgan fingerprint density at radius 2 is 1.89 bits per heavy atom. The van der Waals surface area contributed by atoms with Crippen LogP contribution in [0.2, 0.25) is 0 Å². The zero-order chi connectivity index (χ0) is 13.4. The van der Waals surface area contributed by atoms with Gasteiger partial charge in [0.2, 0.25) is 0 Å². The van der Waals surface area contributed by atoms with Crippen LogP contribution in [0.1, 0.15) is 79.1 Å². The summed E-state index contributed by atoms with van der Waals surface area (Å²) in [5, 5.41) is 11.2. The number of aliphatic hydroxyl groups is 1. The van der Waals surface area contributed by atoms with Crippen molar-refractivity contribution in [3.05, 3.63) is 0 Å². The standard InChI is InChI=1S/C17H32O/c1-5-14-7-6-8-15(9-14)17(18)11-13(2)10-16(3,4)12-17/h13-15,18H,5-12H2,1-4H3. The van der Waals surface area contributed by atoms with E-state index in [0.29, 0.717) is 17.3 Å². The van der Waals surface area contributed by atoms with Crippen molar-refractivity contribution in [2.24, 2.45) is 23.2 Å². The van der Waals surface area contributed by atoms with Crippen molar-refractivity contribution >= 4 is 0 Å². The molecule has 2 saturated carbocycles. The highest BCUT2D eigenvalue weighted by atomic mass is 16.3. The van der Waals surface area contributed by atoms with E-state index < -0.39 is 0 Å². The molecule has 0 aliphatic heterocycles. The lowest BCUT2D eigenvalue weighted by atomic mass is 9.59. The van der Waals surface area contributed by atoms with Crippen LogP contribution in [-0.4, -0.2) is 10.7 Å². The Bertz CT molecular complexity index is 283. The van der Waals surface area contributed by atoms with Crippen LogP contribution in [-0.2, 0) is 0 Å². The van der Waals surface area contributed by atoms with Crippen LogP contribution >= 0.6 is 0 Å². The molecule has 1 nitrogen and oxygen atoms in total. The minimum Gasteiger partial charge on any atom is -0.390 e. The lowest BCUT2D eigenvalue weighted by Gasteiger charge is -2.50. The average molecular weight is 252 g/mol. The highest BCUT2D eigenvalue weighted by Gasteiger charge is 2.47. The molecule has 2 fully saturated rings. The van der Waals surface area contributed by atoms with E-state index >= 15 is 0 Å². The highest BCUT2D eigenvalue weighted by Crippen LogP contribution is 2.50. The van der Waals surface area contributed by atoms with E-state index in [2.05, 4.69) is 27.7 Å². The van der Waals surface area contributed by atoms with Gasteiger partial charge in [0, 0.05) is 0 Å². The molecule has 0 aromatic rings. The molecule has 2 aliphatic carbocycles. The lowest BCUT2D eigenvalue weighted by molar-refractivity contribution is -0.112. The zero-order valence-electron chi connectivity index (χ0n) is 12.8. The fourth-order valence-electron chi connectivity index (χ4n) is 5.05. The normalized spacial score (nSPS) is 44.8. The predicted molar refractivity (Wildman–Crippen MR) is 77.5 cm³/mol. The molecule has 18 heavy (non-hydrogen) atoms. The summed E-state index contributed by atoms with van der Waals surface area (Å²) in [6.45, 7) is 9.32. The topological polar surface area (TPSA) is 20.2 Å². The van der Waals surface area contributed by atoms with Gasteiger partial charge in [0.05, 0.1) is 5.60 Å². The largest absolute Gasteiger partial charge is 0.390 e. The Labute approximate surface area is 113 Å². The second-order valence-electron chi connectivity index (χ2n) is 8.10. The Morgan fingerprint density at radius 3 is 2.50 bits per heavy atom. The van der Waals surface area contributed by atoms with Gasteiger partial charge in [-0.25, -0.2) is 0 Å². The van der Waals surface area contributed by atoms with Gasteiger partial charge >= 0.3 is 0 Å². The van der Waals surface area contributed by atoms with Crippen LogP contribution in [0.25, 0.3) is 0 Å². The third-order valence-electron chi connectivity index (χ3n) is 5.51. The molecule has 0 saturated heterocycles. The maximum Gasteiger partial charge on any atom is 0.0683 e. The maximum absolute atomic E-state index is 11.2. The summed E-state index contributed by atoms with van der Waals surface area (Å²) in [5.41, 5.74) is -0.0411. The third kappa shape index (κ3) is 3.10. The predicted octanol–water partition coefficient (Wildman–Crippen LogP) is 4.78. The molecule has 0 amide bonds. The van der Waals surface area contributed by atoms with Gasteiger partial charge in [-0.15, -0.1) is 0 Å². The van der Waals surface area contributed by atoms with Crippen LogP contribution in [0.3, 0.4) is 0 Å². The first kappa shape index (κ1) is 14.4. The number of hydrogen-bond donors (Lipinski definition) is 1. The Kier molecular flexibility index (Phi) is 4.11. The smallest absolute Gasteiger partial charge is 0.0683 e. The molecule has 0 spiro atoms. The summed E-state index contributed by atoms with van der Waals surface area (Å²) in [6, 6.07) is 0. The van der Waals surface area contributed by atoms with Gasteiger partial charge in [0.15, 0.2) is 0 Å². The molecule has 2 rings (SSSR count). The monoisotopic (exact) mass is 252 g/mol. The van der Waals surface area contributed by atoms with E-state index in [4.69, 9.17) is 0 Å². The van der Waals surface area contributed by atoms with Crippen molar-refractivity contribution in [1.29, 1.82) is 0 Å². The number of hydrogen-bond acceptors (Lipinski definition) is 1. The second kappa shape index (κ2) is 5.15. The van der Waals surface area contributed by atoms with Crippen molar-refractivity contribution in [3.8, 4) is 0 Å². The molecular formula is C17H32O. The maximum atomic E-state index is 11.2. The Balaban J connectivity index is 2.09. The fourth-order valence-corrected chi connectivity index (χ4v) is 5.05. The van der Waals surface area contributed by atoms with Crippen molar-refractivity contribution in [1.82, 2.24) is 0 Å². The van der Waals surface area contributed by atoms with Gasteiger partial charge < -0.3 is 5.11 Å². The minimum absolute atomic E-state index is 0.325. The Morgan fingerprint density at radius 1 is 1.17 bits per heavy atom. The summed E-state index contributed by atoms with van der Waals surface area (Å²) in [5.74, 6) is 2.12. The SMILES string of the molecule is CCC1CCCC(C2(O)CC(C)CC(C)(C)C2)C1. The zero-order valence-corrected chi connectivity index (χ0v) is 12.8. The van der Waals surface area contributed by atoms with Gasteiger partial charge in [-0.2, -0.15) is 0 Å². The summed E-state index contributed by atoms with van der Waals surface area (Å²) >= 11 is 0. The van der Waals surface area contributed by atoms with Crippen LogP contribution in [0.15, 0.2) is 0 Å². The van der Waals surface area contributed by atoms with E-state index in [1.54, 1.807) is 0 Å². The molecule has 1 N–H and O–H groups in total. The molecule has 1 heteroatoms. The van der Waals surface area contributed by atoms with Gasteiger partial charge in [-0.05, 0) is 55.3 Å². The Hall–Kier alpha value is -0.0400. The van der Waals surface area contributed by atoms with Gasteiger partial charge in [0.1, 0.15) is 0 Å². The molecule has 106 valence electrons. The first-order valence-corrected chi connectivity index (χ1v) is 8.07. The molecule has 0 aromatic carbocycles. The van der Waals surface area contributed by atoms with E-state index in [1.807, 2.05) is 0 Å². The quantitative estimate of drug-likeness (QED) is 0.750. The van der Waals surface area contributed by atoms with Crippen molar-refractivity contribution in [3.63, 3.8) is 0 Å². The summed E-state index contributed by atoms with van der Waals surface area (Å²) in [4.78, 5) is 0. The second-order valence-corrected chi connectivity index (χ2v) is 8.10. The summed E-state index contributed by atoms with van der Waals surface area (Å²) < 4.78 is 0. The molecule has 0 heterocycles.